The highest BCUT2D eigenvalue weighted by molar-refractivity contribution is 5.77. The molecule has 2 aliphatic heterocycles. The predicted octanol–water partition coefficient (Wildman–Crippen LogP) is 0.263. The van der Waals surface area contributed by atoms with Gasteiger partial charge in [0, 0.05) is 18.5 Å². The summed E-state index contributed by atoms with van der Waals surface area (Å²) in [5.41, 5.74) is 0. The van der Waals surface area contributed by atoms with E-state index in [2.05, 4.69) is 10.6 Å². The van der Waals surface area contributed by atoms with Crippen molar-refractivity contribution in [1.29, 1.82) is 0 Å². The summed E-state index contributed by atoms with van der Waals surface area (Å²) < 4.78 is 0. The first-order valence-electron chi connectivity index (χ1n) is 5.37. The van der Waals surface area contributed by atoms with E-state index in [1.54, 1.807) is 0 Å². The number of hydrogen-bond donors (Lipinski definition) is 2. The normalized spacial score (nSPS) is 48.5. The zero-order valence-electron chi connectivity index (χ0n) is 7.75. The van der Waals surface area contributed by atoms with Crippen LogP contribution in [0.5, 0.6) is 0 Å². The van der Waals surface area contributed by atoms with Gasteiger partial charge in [-0.15, -0.1) is 0 Å². The summed E-state index contributed by atoms with van der Waals surface area (Å²) in [4.78, 5) is 11.4. The van der Waals surface area contributed by atoms with E-state index < -0.39 is 0 Å². The summed E-state index contributed by atoms with van der Waals surface area (Å²) >= 11 is 0. The second kappa shape index (κ2) is 2.71. The molecule has 0 aromatic heterocycles. The van der Waals surface area contributed by atoms with E-state index in [-0.39, 0.29) is 5.91 Å². The number of carbonyl (C=O) groups excluding carboxylic acids is 1. The van der Waals surface area contributed by atoms with Gasteiger partial charge in [-0.05, 0) is 37.6 Å². The fourth-order valence-corrected chi connectivity index (χ4v) is 3.44. The van der Waals surface area contributed by atoms with Crippen molar-refractivity contribution < 1.29 is 4.79 Å². The van der Waals surface area contributed by atoms with Crippen LogP contribution in [-0.4, -0.2) is 24.5 Å². The van der Waals surface area contributed by atoms with E-state index in [4.69, 9.17) is 0 Å². The number of piperidine rings is 1. The SMILES string of the molecule is O=C1CC2CNC3CCCC(N1)C23. The van der Waals surface area contributed by atoms with Crippen LogP contribution in [0.3, 0.4) is 0 Å². The average molecular weight is 180 g/mol. The molecule has 1 aliphatic carbocycles. The molecule has 2 saturated heterocycles. The maximum absolute atomic E-state index is 11.4. The van der Waals surface area contributed by atoms with Gasteiger partial charge in [0.15, 0.2) is 0 Å². The molecule has 3 heteroatoms. The Morgan fingerprint density at radius 1 is 1.23 bits per heavy atom. The Morgan fingerprint density at radius 3 is 3.00 bits per heavy atom. The second-order valence-corrected chi connectivity index (χ2v) is 4.66. The lowest BCUT2D eigenvalue weighted by atomic mass is 9.73. The van der Waals surface area contributed by atoms with E-state index >= 15 is 0 Å². The molecule has 0 radical (unpaired) electrons. The monoisotopic (exact) mass is 180 g/mol. The molecule has 2 heterocycles. The lowest BCUT2D eigenvalue weighted by molar-refractivity contribution is -0.126. The molecule has 0 aromatic carbocycles. The van der Waals surface area contributed by atoms with Crippen LogP contribution in [0.1, 0.15) is 25.7 Å². The highest BCUT2D eigenvalue weighted by atomic mass is 16.1. The molecule has 3 rings (SSSR count). The van der Waals surface area contributed by atoms with Crippen LogP contribution in [0.15, 0.2) is 0 Å². The van der Waals surface area contributed by atoms with Gasteiger partial charge in [-0.2, -0.15) is 0 Å². The third-order valence-corrected chi connectivity index (χ3v) is 3.94. The Morgan fingerprint density at radius 2 is 2.08 bits per heavy atom. The lowest BCUT2D eigenvalue weighted by Gasteiger charge is -2.40. The van der Waals surface area contributed by atoms with Gasteiger partial charge in [0.05, 0.1) is 0 Å². The zero-order valence-corrected chi connectivity index (χ0v) is 7.75. The smallest absolute Gasteiger partial charge is 0.220 e. The molecule has 2 N–H and O–H groups in total. The predicted molar refractivity (Wildman–Crippen MR) is 49.2 cm³/mol. The number of rotatable bonds is 0. The Kier molecular flexibility index (Phi) is 1.62. The van der Waals surface area contributed by atoms with Crippen LogP contribution in [0.25, 0.3) is 0 Å². The summed E-state index contributed by atoms with van der Waals surface area (Å²) in [5, 5.41) is 6.70. The van der Waals surface area contributed by atoms with E-state index in [0.29, 0.717) is 18.0 Å². The van der Waals surface area contributed by atoms with Crippen molar-refractivity contribution in [2.75, 3.05) is 6.54 Å². The third kappa shape index (κ3) is 1.10. The second-order valence-electron chi connectivity index (χ2n) is 4.66. The number of carbonyl (C=O) groups is 1. The first kappa shape index (κ1) is 7.80. The Hall–Kier alpha value is -0.570. The molecule has 3 nitrogen and oxygen atoms in total. The summed E-state index contributed by atoms with van der Waals surface area (Å²) in [7, 11) is 0. The summed E-state index contributed by atoms with van der Waals surface area (Å²) in [6.07, 6.45) is 4.54. The standard InChI is InChI=1S/C10H16N2O/c13-9-4-6-5-11-7-2-1-3-8(12-9)10(6)7/h6-8,10-11H,1-5H2,(H,12,13). The van der Waals surface area contributed by atoms with Crippen LogP contribution in [-0.2, 0) is 4.79 Å². The van der Waals surface area contributed by atoms with E-state index in [1.807, 2.05) is 0 Å². The minimum absolute atomic E-state index is 0.274. The van der Waals surface area contributed by atoms with Crippen molar-refractivity contribution in [2.24, 2.45) is 11.8 Å². The molecule has 13 heavy (non-hydrogen) atoms. The highest BCUT2D eigenvalue weighted by Gasteiger charge is 2.46. The van der Waals surface area contributed by atoms with Crippen molar-refractivity contribution in [3.8, 4) is 0 Å². The maximum atomic E-state index is 11.4. The molecule has 3 fully saturated rings. The van der Waals surface area contributed by atoms with Gasteiger partial charge in [0.1, 0.15) is 0 Å². The fourth-order valence-electron chi connectivity index (χ4n) is 3.44. The van der Waals surface area contributed by atoms with Crippen LogP contribution in [0.2, 0.25) is 0 Å². The Balaban J connectivity index is 1.87. The topological polar surface area (TPSA) is 41.1 Å². The quantitative estimate of drug-likeness (QED) is 0.561. The van der Waals surface area contributed by atoms with Crippen LogP contribution >= 0.6 is 0 Å². The van der Waals surface area contributed by atoms with Gasteiger partial charge in [0.2, 0.25) is 5.91 Å². The maximum Gasteiger partial charge on any atom is 0.220 e. The zero-order chi connectivity index (χ0) is 8.84. The van der Waals surface area contributed by atoms with Crippen molar-refractivity contribution in [1.82, 2.24) is 10.6 Å². The molecule has 72 valence electrons. The number of hydrogen-bond acceptors (Lipinski definition) is 2. The fraction of sp³-hybridized carbons (Fsp3) is 0.900. The van der Waals surface area contributed by atoms with Gasteiger partial charge in [-0.25, -0.2) is 0 Å². The van der Waals surface area contributed by atoms with Gasteiger partial charge in [-0.3, -0.25) is 4.79 Å². The minimum Gasteiger partial charge on any atom is -0.353 e. The molecule has 4 atom stereocenters. The first-order valence-corrected chi connectivity index (χ1v) is 5.37. The van der Waals surface area contributed by atoms with Crippen molar-refractivity contribution in [2.45, 2.75) is 37.8 Å². The van der Waals surface area contributed by atoms with Crippen molar-refractivity contribution in [3.63, 3.8) is 0 Å². The molecule has 4 unspecified atom stereocenters. The van der Waals surface area contributed by atoms with Gasteiger partial charge in [0.25, 0.3) is 0 Å². The Bertz CT molecular complexity index is 241. The van der Waals surface area contributed by atoms with Crippen molar-refractivity contribution >= 4 is 5.91 Å². The summed E-state index contributed by atoms with van der Waals surface area (Å²) in [6, 6.07) is 1.18. The van der Waals surface area contributed by atoms with E-state index in [1.165, 1.54) is 19.3 Å². The average Bonchev–Trinajstić information content (AvgIpc) is 2.50. The summed E-state index contributed by atoms with van der Waals surface area (Å²) in [5.74, 6) is 1.64. The van der Waals surface area contributed by atoms with E-state index in [9.17, 15) is 4.79 Å². The van der Waals surface area contributed by atoms with Crippen LogP contribution in [0, 0.1) is 11.8 Å². The molecule has 3 aliphatic rings. The third-order valence-electron chi connectivity index (χ3n) is 3.94. The Labute approximate surface area is 78.3 Å². The molecule has 0 aromatic rings. The van der Waals surface area contributed by atoms with Gasteiger partial charge < -0.3 is 10.6 Å². The highest BCUT2D eigenvalue weighted by Crippen LogP contribution is 2.38. The van der Waals surface area contributed by atoms with Gasteiger partial charge >= 0.3 is 0 Å². The molecular formula is C10H16N2O. The lowest BCUT2D eigenvalue weighted by Crippen LogP contribution is -2.53. The molecule has 0 spiro atoms. The largest absolute Gasteiger partial charge is 0.353 e. The first-order chi connectivity index (χ1) is 6.34. The number of amides is 1. The van der Waals surface area contributed by atoms with Gasteiger partial charge in [-0.1, -0.05) is 0 Å². The summed E-state index contributed by atoms with van der Waals surface area (Å²) in [6.45, 7) is 1.07. The molecule has 1 saturated carbocycles. The molecule has 1 amide bonds. The minimum atomic E-state index is 0.274. The van der Waals surface area contributed by atoms with Crippen molar-refractivity contribution in [3.05, 3.63) is 0 Å². The van der Waals surface area contributed by atoms with Crippen LogP contribution < -0.4 is 10.6 Å². The van der Waals surface area contributed by atoms with Crippen LogP contribution in [0.4, 0.5) is 0 Å². The molecular weight excluding hydrogens is 164 g/mol. The number of nitrogens with one attached hydrogen (secondary N) is 2. The van der Waals surface area contributed by atoms with E-state index in [0.717, 1.165) is 18.9 Å². The molecule has 0 bridgehead atoms.